The van der Waals surface area contributed by atoms with Gasteiger partial charge < -0.3 is 10.1 Å². The summed E-state index contributed by atoms with van der Waals surface area (Å²) < 4.78 is 14.1. The number of fused-ring (bicyclic) bond motifs is 1. The number of nitrogens with one attached hydrogen (secondary N) is 1. The van der Waals surface area contributed by atoms with E-state index in [2.05, 4.69) is 19.0 Å². The maximum atomic E-state index is 12.6. The van der Waals surface area contributed by atoms with Crippen LogP contribution in [0.5, 0.6) is 11.6 Å². The number of benzene rings is 2. The minimum absolute atomic E-state index is 0.244. The first-order valence-corrected chi connectivity index (χ1v) is 8.24. The second-order valence-electron chi connectivity index (χ2n) is 5.19. The van der Waals surface area contributed by atoms with Crippen LogP contribution < -0.4 is 10.1 Å². The fourth-order valence-corrected chi connectivity index (χ4v) is 2.88. The molecule has 2 heterocycles. The molecule has 1 N–H and O–H groups in total. The summed E-state index contributed by atoms with van der Waals surface area (Å²) in [4.78, 5) is 16.7. The van der Waals surface area contributed by atoms with E-state index in [1.165, 1.54) is 0 Å². The molecule has 25 heavy (non-hydrogen) atoms. The van der Waals surface area contributed by atoms with Gasteiger partial charge in [-0.3, -0.25) is 4.79 Å². The minimum Gasteiger partial charge on any atom is -0.439 e. The van der Waals surface area contributed by atoms with Crippen molar-refractivity contribution in [3.8, 4) is 11.6 Å². The van der Waals surface area contributed by atoms with E-state index in [4.69, 9.17) is 4.74 Å². The molecule has 4 aromatic rings. The highest BCUT2D eigenvalue weighted by Crippen LogP contribution is 2.23. The van der Waals surface area contributed by atoms with Gasteiger partial charge in [-0.05, 0) is 36.4 Å². The highest BCUT2D eigenvalue weighted by Gasteiger charge is 2.11. The molecule has 0 atom stereocenters. The molecule has 2 aromatic carbocycles. The van der Waals surface area contributed by atoms with Crippen molar-refractivity contribution in [2.75, 3.05) is 5.32 Å². The van der Waals surface area contributed by atoms with Crippen LogP contribution in [0.25, 0.3) is 11.0 Å². The topological polar surface area (TPSA) is 77.0 Å². The molecular formula is C18H12N4O2S. The second-order valence-corrected chi connectivity index (χ2v) is 5.72. The molecule has 122 valence electrons. The zero-order chi connectivity index (χ0) is 17.1. The van der Waals surface area contributed by atoms with Crippen molar-refractivity contribution in [3.05, 3.63) is 72.4 Å². The van der Waals surface area contributed by atoms with Gasteiger partial charge >= 0.3 is 0 Å². The number of hydrogen-bond donors (Lipinski definition) is 1. The average molecular weight is 348 g/mol. The Labute approximate surface area is 147 Å². The number of anilines is 1. The third-order valence-corrected chi connectivity index (χ3v) is 4.03. The van der Waals surface area contributed by atoms with Gasteiger partial charge in [-0.25, -0.2) is 4.98 Å². The maximum Gasteiger partial charge on any atom is 0.255 e. The van der Waals surface area contributed by atoms with Crippen molar-refractivity contribution in [1.82, 2.24) is 13.7 Å². The highest BCUT2D eigenvalue weighted by molar-refractivity contribution is 7.00. The summed E-state index contributed by atoms with van der Waals surface area (Å²) in [6.45, 7) is 0. The Hall–Kier alpha value is -3.32. The van der Waals surface area contributed by atoms with E-state index in [1.54, 1.807) is 42.6 Å². The molecule has 7 heteroatoms. The largest absolute Gasteiger partial charge is 0.439 e. The first-order valence-electron chi connectivity index (χ1n) is 7.51. The smallest absolute Gasteiger partial charge is 0.255 e. The number of hydrogen-bond acceptors (Lipinski definition) is 6. The van der Waals surface area contributed by atoms with E-state index >= 15 is 0 Å². The van der Waals surface area contributed by atoms with Crippen molar-refractivity contribution < 1.29 is 9.53 Å². The lowest BCUT2D eigenvalue weighted by Gasteiger charge is -2.08. The van der Waals surface area contributed by atoms with Gasteiger partial charge in [0, 0.05) is 17.8 Å². The molecule has 0 fully saturated rings. The summed E-state index contributed by atoms with van der Waals surface area (Å²) in [5, 5.41) is 2.87. The first kappa shape index (κ1) is 15.2. The third kappa shape index (κ3) is 3.31. The molecule has 0 spiro atoms. The third-order valence-electron chi connectivity index (χ3n) is 3.49. The van der Waals surface area contributed by atoms with Gasteiger partial charge in [-0.2, -0.15) is 8.75 Å². The van der Waals surface area contributed by atoms with E-state index in [9.17, 15) is 4.79 Å². The number of ether oxygens (including phenoxy) is 1. The van der Waals surface area contributed by atoms with Crippen LogP contribution in [0.4, 0.5) is 5.69 Å². The van der Waals surface area contributed by atoms with E-state index in [1.807, 2.05) is 24.3 Å². The minimum atomic E-state index is -0.244. The Bertz CT molecular complexity index is 1030. The molecule has 2 aromatic heterocycles. The van der Waals surface area contributed by atoms with Gasteiger partial charge in [0.05, 0.1) is 17.4 Å². The molecule has 0 aliphatic carbocycles. The zero-order valence-electron chi connectivity index (χ0n) is 12.9. The van der Waals surface area contributed by atoms with Gasteiger partial charge in [0.15, 0.2) is 0 Å². The summed E-state index contributed by atoms with van der Waals surface area (Å²) in [5.74, 6) is 0.769. The van der Waals surface area contributed by atoms with E-state index < -0.39 is 0 Å². The van der Waals surface area contributed by atoms with E-state index in [-0.39, 0.29) is 5.91 Å². The van der Waals surface area contributed by atoms with Gasteiger partial charge in [-0.15, -0.1) is 0 Å². The predicted octanol–water partition coefficient (Wildman–Crippen LogP) is 4.13. The molecule has 6 nitrogen and oxygen atoms in total. The van der Waals surface area contributed by atoms with Crippen molar-refractivity contribution >= 4 is 34.4 Å². The van der Waals surface area contributed by atoms with Crippen LogP contribution in [0.3, 0.4) is 0 Å². The monoisotopic (exact) mass is 348 g/mol. The summed E-state index contributed by atoms with van der Waals surface area (Å²) in [5.41, 5.74) is 2.55. The fraction of sp³-hybridized carbons (Fsp3) is 0. The SMILES string of the molecule is O=C(Nc1cccc2nsnc12)c1cccc(Oc2ccccn2)c1. The number of carbonyl (C=O) groups excluding carboxylic acids is 1. The molecule has 0 bridgehead atoms. The van der Waals surface area contributed by atoms with Crippen LogP contribution in [0, 0.1) is 0 Å². The molecule has 0 radical (unpaired) electrons. The maximum absolute atomic E-state index is 12.6. The zero-order valence-corrected chi connectivity index (χ0v) is 13.7. The summed E-state index contributed by atoms with van der Waals surface area (Å²) in [6, 6.07) is 17.8. The molecule has 4 rings (SSSR count). The lowest BCUT2D eigenvalue weighted by Crippen LogP contribution is -2.12. The average Bonchev–Trinajstić information content (AvgIpc) is 3.13. The van der Waals surface area contributed by atoms with Crippen molar-refractivity contribution in [2.24, 2.45) is 0 Å². The Morgan fingerprint density at radius 2 is 1.92 bits per heavy atom. The van der Waals surface area contributed by atoms with Crippen LogP contribution in [0.1, 0.15) is 10.4 Å². The molecule has 0 aliphatic heterocycles. The molecule has 0 unspecified atom stereocenters. The molecule has 0 aliphatic rings. The molecule has 0 saturated carbocycles. The van der Waals surface area contributed by atoms with E-state index in [0.717, 1.165) is 17.2 Å². The van der Waals surface area contributed by atoms with Crippen LogP contribution in [-0.4, -0.2) is 19.6 Å². The van der Waals surface area contributed by atoms with Gasteiger partial charge in [-0.1, -0.05) is 18.2 Å². The lowest BCUT2D eigenvalue weighted by atomic mass is 10.2. The van der Waals surface area contributed by atoms with Crippen LogP contribution in [-0.2, 0) is 0 Å². The van der Waals surface area contributed by atoms with Crippen LogP contribution in [0.15, 0.2) is 66.9 Å². The van der Waals surface area contributed by atoms with Crippen molar-refractivity contribution in [1.29, 1.82) is 0 Å². The number of rotatable bonds is 4. The highest BCUT2D eigenvalue weighted by atomic mass is 32.1. The van der Waals surface area contributed by atoms with Crippen LogP contribution in [0.2, 0.25) is 0 Å². The predicted molar refractivity (Wildman–Crippen MR) is 96.1 cm³/mol. The quantitative estimate of drug-likeness (QED) is 0.600. The second kappa shape index (κ2) is 6.66. The summed E-state index contributed by atoms with van der Waals surface area (Å²) in [7, 11) is 0. The molecule has 0 saturated heterocycles. The van der Waals surface area contributed by atoms with Gasteiger partial charge in [0.2, 0.25) is 5.88 Å². The standard InChI is InChI=1S/C18H12N4O2S/c23-18(20-14-7-4-8-15-17(14)22-25-21-15)12-5-3-6-13(11-12)24-16-9-1-2-10-19-16/h1-11H,(H,20,23). The Balaban J connectivity index is 1.56. The normalized spacial score (nSPS) is 10.6. The fourth-order valence-electron chi connectivity index (χ4n) is 2.33. The Morgan fingerprint density at radius 1 is 1.00 bits per heavy atom. The summed E-state index contributed by atoms with van der Waals surface area (Å²) >= 11 is 1.12. The number of pyridine rings is 1. The number of carbonyl (C=O) groups is 1. The number of aromatic nitrogens is 3. The Morgan fingerprint density at radius 3 is 2.80 bits per heavy atom. The number of amides is 1. The lowest BCUT2D eigenvalue weighted by molar-refractivity contribution is 0.102. The van der Waals surface area contributed by atoms with Gasteiger partial charge in [0.1, 0.15) is 16.8 Å². The molecular weight excluding hydrogens is 336 g/mol. The van der Waals surface area contributed by atoms with Crippen LogP contribution >= 0.6 is 11.7 Å². The van der Waals surface area contributed by atoms with Gasteiger partial charge in [0.25, 0.3) is 5.91 Å². The number of nitrogens with zero attached hydrogens (tertiary/aromatic N) is 3. The first-order chi connectivity index (χ1) is 12.3. The Kier molecular flexibility index (Phi) is 4.05. The van der Waals surface area contributed by atoms with Crippen molar-refractivity contribution in [2.45, 2.75) is 0 Å². The van der Waals surface area contributed by atoms with Crippen molar-refractivity contribution in [3.63, 3.8) is 0 Å². The summed E-state index contributed by atoms with van der Waals surface area (Å²) in [6.07, 6.45) is 1.65. The molecule has 1 amide bonds. The van der Waals surface area contributed by atoms with E-state index in [0.29, 0.717) is 28.4 Å².